The van der Waals surface area contributed by atoms with Gasteiger partial charge in [-0.1, -0.05) is 54.6 Å². The number of esters is 1. The van der Waals surface area contributed by atoms with Crippen molar-refractivity contribution in [3.05, 3.63) is 77.9 Å². The van der Waals surface area contributed by atoms with E-state index in [9.17, 15) is 19.5 Å². The van der Waals surface area contributed by atoms with Gasteiger partial charge in [0.15, 0.2) is 0 Å². The number of hydrogen-bond donors (Lipinski definition) is 3. The van der Waals surface area contributed by atoms with Crippen LogP contribution in [0.15, 0.2) is 66.7 Å². The number of ether oxygens (including phenoxy) is 2. The summed E-state index contributed by atoms with van der Waals surface area (Å²) in [6.45, 7) is 2.04. The van der Waals surface area contributed by atoms with E-state index in [1.165, 1.54) is 0 Å². The molecule has 8 nitrogen and oxygen atoms in total. The largest absolute Gasteiger partial charge is 0.489 e. The van der Waals surface area contributed by atoms with Crippen LogP contribution in [0, 0.1) is 5.92 Å². The zero-order valence-electron chi connectivity index (χ0n) is 21.9. The number of nitrogens with one attached hydrogen (secondary N) is 2. The summed E-state index contributed by atoms with van der Waals surface area (Å²) in [6, 6.07) is 16.7. The first-order valence-electron chi connectivity index (χ1n) is 13.2. The fraction of sp³-hybridized carbons (Fsp3) is 0.433. The Labute approximate surface area is 224 Å². The number of allylic oxidation sites excluding steroid dienone is 2. The van der Waals surface area contributed by atoms with E-state index in [2.05, 4.69) is 10.6 Å². The molecule has 1 heterocycles. The molecule has 1 aliphatic heterocycles. The molecule has 2 aromatic rings. The lowest BCUT2D eigenvalue weighted by molar-refractivity contribution is -0.145. The highest BCUT2D eigenvalue weighted by molar-refractivity contribution is 5.86. The second kappa shape index (κ2) is 15.6. The number of aliphatic hydroxyl groups excluding tert-OH is 1. The lowest BCUT2D eigenvalue weighted by Gasteiger charge is -2.23. The molecule has 38 heavy (non-hydrogen) atoms. The van der Waals surface area contributed by atoms with Crippen LogP contribution in [0.4, 0.5) is 0 Å². The van der Waals surface area contributed by atoms with Crippen molar-refractivity contribution < 1.29 is 29.0 Å². The molecule has 3 rings (SSSR count). The van der Waals surface area contributed by atoms with Crippen LogP contribution in [-0.4, -0.2) is 48.2 Å². The third-order valence-corrected chi connectivity index (χ3v) is 6.27. The molecule has 0 bridgehead atoms. The summed E-state index contributed by atoms with van der Waals surface area (Å²) in [7, 11) is 0. The Hall–Kier alpha value is -3.65. The van der Waals surface area contributed by atoms with Gasteiger partial charge in [-0.15, -0.1) is 0 Å². The Morgan fingerprint density at radius 2 is 1.87 bits per heavy atom. The van der Waals surface area contributed by atoms with Crippen molar-refractivity contribution in [2.75, 3.05) is 13.2 Å². The third kappa shape index (κ3) is 10.4. The van der Waals surface area contributed by atoms with Gasteiger partial charge in [-0.05, 0) is 55.9 Å². The molecule has 0 unspecified atom stereocenters. The molecular formula is C30H38N2O6. The Kier molecular flexibility index (Phi) is 11.8. The molecule has 0 radical (unpaired) electrons. The molecule has 1 aliphatic rings. The van der Waals surface area contributed by atoms with Crippen LogP contribution < -0.4 is 15.4 Å². The quantitative estimate of drug-likeness (QED) is 0.343. The second-order valence-electron chi connectivity index (χ2n) is 9.66. The maximum atomic E-state index is 13.2. The van der Waals surface area contributed by atoms with E-state index in [1.807, 2.05) is 66.7 Å². The minimum absolute atomic E-state index is 0.000467. The van der Waals surface area contributed by atoms with Crippen molar-refractivity contribution in [1.82, 2.24) is 10.6 Å². The van der Waals surface area contributed by atoms with E-state index in [0.29, 0.717) is 38.7 Å². The van der Waals surface area contributed by atoms with Gasteiger partial charge in [-0.25, -0.2) is 0 Å². The molecule has 0 spiro atoms. The van der Waals surface area contributed by atoms with Crippen LogP contribution in [0.2, 0.25) is 0 Å². The third-order valence-electron chi connectivity index (χ3n) is 6.27. The van der Waals surface area contributed by atoms with E-state index in [-0.39, 0.29) is 43.5 Å². The smallest absolute Gasteiger partial charge is 0.305 e. The zero-order chi connectivity index (χ0) is 27.2. The number of rotatable bonds is 9. The Morgan fingerprint density at radius 1 is 1.11 bits per heavy atom. The number of cyclic esters (lactones) is 1. The first kappa shape index (κ1) is 28.9. The van der Waals surface area contributed by atoms with Crippen molar-refractivity contribution in [3.8, 4) is 5.75 Å². The van der Waals surface area contributed by atoms with Crippen LogP contribution in [0.5, 0.6) is 5.75 Å². The Bertz CT molecular complexity index is 1050. The monoisotopic (exact) mass is 522 g/mol. The molecule has 0 aliphatic carbocycles. The summed E-state index contributed by atoms with van der Waals surface area (Å²) in [5, 5.41) is 14.9. The molecule has 3 N–H and O–H groups in total. The average molecular weight is 523 g/mol. The molecule has 2 amide bonds. The highest BCUT2D eigenvalue weighted by atomic mass is 16.5. The summed E-state index contributed by atoms with van der Waals surface area (Å²) >= 11 is 0. The van der Waals surface area contributed by atoms with Crippen LogP contribution >= 0.6 is 0 Å². The van der Waals surface area contributed by atoms with Crippen molar-refractivity contribution in [2.45, 2.75) is 64.1 Å². The Balaban J connectivity index is 1.65. The van der Waals surface area contributed by atoms with Gasteiger partial charge in [0.2, 0.25) is 11.8 Å². The minimum Gasteiger partial charge on any atom is -0.489 e. The lowest BCUT2D eigenvalue weighted by Crippen LogP contribution is -2.45. The number of aliphatic hydroxyl groups is 1. The molecule has 2 aromatic carbocycles. The molecule has 0 saturated heterocycles. The molecule has 204 valence electrons. The van der Waals surface area contributed by atoms with Gasteiger partial charge in [-0.3, -0.25) is 14.4 Å². The van der Waals surface area contributed by atoms with Crippen LogP contribution in [0.1, 0.15) is 50.2 Å². The first-order chi connectivity index (χ1) is 18.4. The summed E-state index contributed by atoms with van der Waals surface area (Å²) in [5.74, 6) is -0.707. The molecule has 0 fully saturated rings. The predicted molar refractivity (Wildman–Crippen MR) is 144 cm³/mol. The van der Waals surface area contributed by atoms with Crippen molar-refractivity contribution in [3.63, 3.8) is 0 Å². The summed E-state index contributed by atoms with van der Waals surface area (Å²) < 4.78 is 11.3. The van der Waals surface area contributed by atoms with E-state index >= 15 is 0 Å². The maximum absolute atomic E-state index is 13.2. The van der Waals surface area contributed by atoms with E-state index < -0.39 is 12.0 Å². The maximum Gasteiger partial charge on any atom is 0.305 e. The number of carbonyl (C=O) groups is 3. The van der Waals surface area contributed by atoms with Crippen molar-refractivity contribution in [1.29, 1.82) is 0 Å². The van der Waals surface area contributed by atoms with Gasteiger partial charge in [-0.2, -0.15) is 0 Å². The highest BCUT2D eigenvalue weighted by Gasteiger charge is 2.25. The van der Waals surface area contributed by atoms with Gasteiger partial charge < -0.3 is 25.2 Å². The van der Waals surface area contributed by atoms with Gasteiger partial charge >= 0.3 is 5.97 Å². The lowest BCUT2D eigenvalue weighted by atomic mass is 9.97. The van der Waals surface area contributed by atoms with Gasteiger partial charge in [0.1, 0.15) is 19.0 Å². The zero-order valence-corrected chi connectivity index (χ0v) is 21.9. The van der Waals surface area contributed by atoms with E-state index in [1.54, 1.807) is 6.92 Å². The number of carbonyl (C=O) groups excluding carboxylic acids is 3. The molecular weight excluding hydrogens is 484 g/mol. The summed E-state index contributed by atoms with van der Waals surface area (Å²) in [6.07, 6.45) is 6.34. The molecule has 0 aromatic heterocycles. The second-order valence-corrected chi connectivity index (χ2v) is 9.66. The number of amides is 2. The summed E-state index contributed by atoms with van der Waals surface area (Å²) in [4.78, 5) is 37.9. The topological polar surface area (TPSA) is 114 Å². The summed E-state index contributed by atoms with van der Waals surface area (Å²) in [5.41, 5.74) is 2.03. The number of hydrogen-bond acceptors (Lipinski definition) is 6. The first-order valence-corrected chi connectivity index (χ1v) is 13.2. The minimum atomic E-state index is -0.579. The average Bonchev–Trinajstić information content (AvgIpc) is 2.93. The standard InChI is InChI=1S/C30H38N2O6/c1-22(19-33)31-28(34)18-25-11-7-2-3-8-12-29(35)38-21-26(32-30(25)36)17-23-13-15-27(16-14-23)37-20-24-9-5-4-6-10-24/h2,4-7,9-10,13-16,22,25-26,33H,3,8,11-12,17-21H2,1H3,(H,31,34)(H,32,36)/t22-,25-,26+/m1/s1. The van der Waals surface area contributed by atoms with Crippen LogP contribution in [0.25, 0.3) is 0 Å². The van der Waals surface area contributed by atoms with Crippen LogP contribution in [0.3, 0.4) is 0 Å². The SMILES string of the molecule is C[C@H](CO)NC(=O)C[C@H]1CC=CCCCC(=O)OC[C@H](Cc2ccc(OCc3ccccc3)cc2)NC1=O. The normalized spacial score (nSPS) is 19.6. The highest BCUT2D eigenvalue weighted by Crippen LogP contribution is 2.17. The van der Waals surface area contributed by atoms with Crippen molar-refractivity contribution in [2.24, 2.45) is 5.92 Å². The Morgan fingerprint density at radius 3 is 2.61 bits per heavy atom. The molecule has 0 saturated carbocycles. The van der Waals surface area contributed by atoms with Gasteiger partial charge in [0, 0.05) is 18.9 Å². The van der Waals surface area contributed by atoms with Gasteiger partial charge in [0.25, 0.3) is 0 Å². The van der Waals surface area contributed by atoms with Crippen LogP contribution in [-0.2, 0) is 32.1 Å². The fourth-order valence-corrected chi connectivity index (χ4v) is 4.11. The van der Waals surface area contributed by atoms with Gasteiger partial charge in [0.05, 0.1) is 18.6 Å². The fourth-order valence-electron chi connectivity index (χ4n) is 4.11. The predicted octanol–water partition coefficient (Wildman–Crippen LogP) is 3.47. The van der Waals surface area contributed by atoms with E-state index in [0.717, 1.165) is 16.9 Å². The molecule has 8 heteroatoms. The molecule has 3 atom stereocenters. The number of benzene rings is 2. The van der Waals surface area contributed by atoms with E-state index in [4.69, 9.17) is 9.47 Å². The van der Waals surface area contributed by atoms with Crippen molar-refractivity contribution >= 4 is 17.8 Å².